The number of hydrogen-bond donors (Lipinski definition) is 0. The van der Waals surface area contributed by atoms with Crippen LogP contribution in [0.15, 0.2) is 18.2 Å². The molecule has 0 aromatic heterocycles. The van der Waals surface area contributed by atoms with E-state index in [4.69, 9.17) is 0 Å². The molecule has 1 aromatic carbocycles. The smallest absolute Gasteiger partial charge is 0.140 e. The molecule has 2 saturated carbocycles. The summed E-state index contributed by atoms with van der Waals surface area (Å²) in [5.41, 5.74) is 3.36. The van der Waals surface area contributed by atoms with Crippen molar-refractivity contribution < 1.29 is 9.59 Å². The highest BCUT2D eigenvalue weighted by atomic mass is 16.1. The lowest BCUT2D eigenvalue weighted by molar-refractivity contribution is -0.123. The quantitative estimate of drug-likeness (QED) is 0.664. The lowest BCUT2D eigenvalue weighted by Gasteiger charge is -2.25. The van der Waals surface area contributed by atoms with Gasteiger partial charge >= 0.3 is 0 Å². The number of carbonyl (C=O) groups excluding carboxylic acids is 2. The maximum Gasteiger partial charge on any atom is 0.140 e. The molecule has 0 heterocycles. The number of ketones is 2. The first-order valence-corrected chi connectivity index (χ1v) is 10.7. The van der Waals surface area contributed by atoms with Gasteiger partial charge in [-0.25, -0.2) is 0 Å². The summed E-state index contributed by atoms with van der Waals surface area (Å²) in [6.45, 7) is 4.36. The molecule has 142 valence electrons. The molecule has 0 saturated heterocycles. The normalized spacial score (nSPS) is 24.4. The summed E-state index contributed by atoms with van der Waals surface area (Å²) >= 11 is 0. The number of aryl methyl sites for hydroxylation is 1. The second-order valence-corrected chi connectivity index (χ2v) is 8.90. The molecule has 0 bridgehead atoms. The van der Waals surface area contributed by atoms with Crippen LogP contribution in [0, 0.1) is 24.7 Å². The minimum Gasteiger partial charge on any atom is -0.299 e. The van der Waals surface area contributed by atoms with Crippen molar-refractivity contribution in [3.8, 4) is 0 Å². The van der Waals surface area contributed by atoms with E-state index in [9.17, 15) is 9.59 Å². The van der Waals surface area contributed by atoms with Gasteiger partial charge in [0.25, 0.3) is 0 Å². The molecule has 0 amide bonds. The Labute approximate surface area is 158 Å². The first-order chi connectivity index (χ1) is 12.5. The van der Waals surface area contributed by atoms with Crippen LogP contribution in [0.4, 0.5) is 0 Å². The van der Waals surface area contributed by atoms with Crippen LogP contribution in [0.2, 0.25) is 0 Å². The lowest BCUT2D eigenvalue weighted by Crippen LogP contribution is -2.22. The minimum absolute atomic E-state index is 0.249. The molecule has 2 nitrogen and oxygen atoms in total. The average molecular weight is 355 g/mol. The van der Waals surface area contributed by atoms with Gasteiger partial charge in [-0.2, -0.15) is 0 Å². The molecule has 0 aliphatic heterocycles. The van der Waals surface area contributed by atoms with Gasteiger partial charge in [0.05, 0.1) is 0 Å². The fraction of sp³-hybridized carbons (Fsp3) is 0.667. The van der Waals surface area contributed by atoms with Gasteiger partial charge in [0.2, 0.25) is 0 Å². The highest BCUT2D eigenvalue weighted by molar-refractivity contribution is 5.84. The molecule has 2 aliphatic carbocycles. The van der Waals surface area contributed by atoms with Crippen LogP contribution in [0.25, 0.3) is 0 Å². The Morgan fingerprint density at radius 3 is 1.81 bits per heavy atom. The van der Waals surface area contributed by atoms with Crippen molar-refractivity contribution >= 4 is 11.6 Å². The van der Waals surface area contributed by atoms with Gasteiger partial charge in [0.1, 0.15) is 11.6 Å². The fourth-order valence-corrected chi connectivity index (χ4v) is 4.85. The van der Waals surface area contributed by atoms with Crippen molar-refractivity contribution in [3.63, 3.8) is 0 Å². The summed E-state index contributed by atoms with van der Waals surface area (Å²) in [5, 5.41) is 0. The largest absolute Gasteiger partial charge is 0.299 e. The van der Waals surface area contributed by atoms with Crippen LogP contribution in [-0.2, 0) is 22.4 Å². The molecular formula is C24H34O2. The van der Waals surface area contributed by atoms with Crippen LogP contribution < -0.4 is 0 Å². The van der Waals surface area contributed by atoms with Gasteiger partial charge in [0.15, 0.2) is 0 Å². The van der Waals surface area contributed by atoms with E-state index in [1.54, 1.807) is 0 Å². The zero-order valence-electron chi connectivity index (χ0n) is 16.6. The highest BCUT2D eigenvalue weighted by Gasteiger charge is 2.25. The molecule has 26 heavy (non-hydrogen) atoms. The van der Waals surface area contributed by atoms with Crippen LogP contribution in [0.3, 0.4) is 0 Å². The molecule has 2 aliphatic rings. The van der Waals surface area contributed by atoms with E-state index in [1.165, 1.54) is 37.7 Å². The summed E-state index contributed by atoms with van der Waals surface area (Å²) in [6, 6.07) is 6.35. The number of hydrogen-bond acceptors (Lipinski definition) is 2. The summed E-state index contributed by atoms with van der Waals surface area (Å²) in [5.74, 6) is 2.08. The Bertz CT molecular complexity index is 632. The molecule has 0 N–H and O–H groups in total. The van der Waals surface area contributed by atoms with Crippen LogP contribution in [-0.4, -0.2) is 11.6 Å². The van der Waals surface area contributed by atoms with Crippen molar-refractivity contribution in [2.24, 2.45) is 17.8 Å². The number of carbonyl (C=O) groups is 2. The van der Waals surface area contributed by atoms with Gasteiger partial charge in [-0.15, -0.1) is 0 Å². The summed E-state index contributed by atoms with van der Waals surface area (Å²) in [7, 11) is 0. The highest BCUT2D eigenvalue weighted by Crippen LogP contribution is 2.30. The molecular weight excluding hydrogens is 320 g/mol. The Hall–Kier alpha value is -1.44. The molecule has 2 fully saturated rings. The fourth-order valence-electron chi connectivity index (χ4n) is 4.85. The predicted octanol–water partition coefficient (Wildman–Crippen LogP) is 5.62. The zero-order chi connectivity index (χ0) is 18.5. The third-order valence-electron chi connectivity index (χ3n) is 6.49. The monoisotopic (exact) mass is 354 g/mol. The van der Waals surface area contributed by atoms with Crippen molar-refractivity contribution in [3.05, 3.63) is 34.9 Å². The molecule has 0 radical (unpaired) electrons. The molecule has 1 aromatic rings. The number of benzene rings is 1. The van der Waals surface area contributed by atoms with Crippen molar-refractivity contribution in [2.45, 2.75) is 84.5 Å². The SMILES string of the molecule is Cc1cc(CC(=O)C2CCCCC2)cc(CC(=O)C2CCC(C)CC2)c1. The summed E-state index contributed by atoms with van der Waals surface area (Å²) in [4.78, 5) is 25.3. The second-order valence-electron chi connectivity index (χ2n) is 8.90. The molecule has 2 heteroatoms. The standard InChI is InChI=1S/C24H34O2/c1-17-8-10-22(11-9-17)24(26)16-20-13-18(2)12-19(14-20)15-23(25)21-6-4-3-5-7-21/h12-14,17,21-22H,3-11,15-16H2,1-2H3. The Morgan fingerprint density at radius 2 is 1.27 bits per heavy atom. The maximum atomic E-state index is 12.7. The van der Waals surface area contributed by atoms with E-state index in [1.807, 2.05) is 0 Å². The van der Waals surface area contributed by atoms with E-state index in [0.717, 1.165) is 42.7 Å². The van der Waals surface area contributed by atoms with E-state index in [0.29, 0.717) is 24.4 Å². The van der Waals surface area contributed by atoms with E-state index < -0.39 is 0 Å². The number of rotatable bonds is 6. The average Bonchev–Trinajstić information content (AvgIpc) is 2.62. The van der Waals surface area contributed by atoms with Gasteiger partial charge in [-0.3, -0.25) is 9.59 Å². The lowest BCUT2D eigenvalue weighted by atomic mass is 9.79. The third-order valence-corrected chi connectivity index (χ3v) is 6.49. The Balaban J connectivity index is 1.61. The van der Waals surface area contributed by atoms with Crippen molar-refractivity contribution in [1.82, 2.24) is 0 Å². The van der Waals surface area contributed by atoms with Crippen molar-refractivity contribution in [1.29, 1.82) is 0 Å². The van der Waals surface area contributed by atoms with Crippen LogP contribution in [0.5, 0.6) is 0 Å². The molecule has 3 rings (SSSR count). The van der Waals surface area contributed by atoms with E-state index >= 15 is 0 Å². The minimum atomic E-state index is 0.249. The second kappa shape index (κ2) is 8.97. The topological polar surface area (TPSA) is 34.1 Å². The van der Waals surface area contributed by atoms with Gasteiger partial charge in [-0.1, -0.05) is 62.8 Å². The summed E-state index contributed by atoms with van der Waals surface area (Å²) in [6.07, 6.45) is 11.4. The predicted molar refractivity (Wildman–Crippen MR) is 106 cm³/mol. The van der Waals surface area contributed by atoms with Crippen LogP contribution >= 0.6 is 0 Å². The van der Waals surface area contributed by atoms with Gasteiger partial charge in [-0.05, 0) is 49.7 Å². The van der Waals surface area contributed by atoms with Crippen LogP contribution in [0.1, 0.15) is 81.4 Å². The number of Topliss-reactive ketones (excluding diaryl/α,β-unsaturated/α-hetero) is 2. The first-order valence-electron chi connectivity index (χ1n) is 10.7. The molecule has 0 atom stereocenters. The zero-order valence-corrected chi connectivity index (χ0v) is 16.6. The Morgan fingerprint density at radius 1 is 0.769 bits per heavy atom. The Kier molecular flexibility index (Phi) is 6.67. The molecule has 0 unspecified atom stereocenters. The van der Waals surface area contributed by atoms with Crippen molar-refractivity contribution in [2.75, 3.05) is 0 Å². The molecule has 0 spiro atoms. The van der Waals surface area contributed by atoms with E-state index in [2.05, 4.69) is 32.0 Å². The van der Waals surface area contributed by atoms with Gasteiger partial charge in [0, 0.05) is 24.7 Å². The van der Waals surface area contributed by atoms with Gasteiger partial charge < -0.3 is 0 Å². The first kappa shape index (κ1) is 19.3. The summed E-state index contributed by atoms with van der Waals surface area (Å²) < 4.78 is 0. The third kappa shape index (κ3) is 5.28. The van der Waals surface area contributed by atoms with E-state index in [-0.39, 0.29) is 11.8 Å². The maximum absolute atomic E-state index is 12.7.